The molecule has 0 radical (unpaired) electrons. The minimum atomic E-state index is -4.35. The van der Waals surface area contributed by atoms with Crippen LogP contribution in [0.1, 0.15) is 39.2 Å². The molecule has 0 unspecified atom stereocenters. The third-order valence-electron chi connectivity index (χ3n) is 8.32. The molecule has 0 saturated carbocycles. The summed E-state index contributed by atoms with van der Waals surface area (Å²) in [7, 11) is -6.71. The normalized spacial score (nSPS) is 19.0. The summed E-state index contributed by atoms with van der Waals surface area (Å²) in [5, 5.41) is 11.7. The van der Waals surface area contributed by atoms with Crippen LogP contribution in [0.25, 0.3) is 0 Å². The zero-order chi connectivity index (χ0) is 33.4. The van der Waals surface area contributed by atoms with Gasteiger partial charge in [-0.2, -0.15) is 4.31 Å². The molecular weight excluding hydrogens is 611 g/mol. The molecule has 2 aromatic rings. The minimum absolute atomic E-state index is 0.0869. The quantitative estimate of drug-likeness (QED) is 0.0980. The van der Waals surface area contributed by atoms with Gasteiger partial charge in [0.15, 0.2) is 13.2 Å². The molecule has 1 amide bonds. The number of amides is 1. The molecule has 0 heterocycles. The number of sulfonamides is 1. The fourth-order valence-electron chi connectivity index (χ4n) is 4.96. The summed E-state index contributed by atoms with van der Waals surface area (Å²) in [6, 6.07) is 13.4. The molecule has 244 valence electrons. The van der Waals surface area contributed by atoms with E-state index in [9.17, 15) is 23.3 Å². The van der Waals surface area contributed by atoms with Crippen LogP contribution in [0, 0.1) is 10.1 Å². The lowest BCUT2D eigenvalue weighted by Crippen LogP contribution is -2.48. The number of nitro benzene ring substituents is 1. The molecule has 10 nitrogen and oxygen atoms in total. The van der Waals surface area contributed by atoms with Crippen molar-refractivity contribution in [3.05, 3.63) is 108 Å². The SMILES string of the molecule is C=CCN(C(=O)OCc1ccccc1)[C@H]1C=C[C@H](N(CC=C)S(=O)(=O)c2ccccc2[N+](=O)[O-])C[C@@H](O[Si](C)(C)C(C)(C)C)C1. The lowest BCUT2D eigenvalue weighted by molar-refractivity contribution is -0.387. The zero-order valence-electron chi connectivity index (χ0n) is 26.8. The maximum Gasteiger partial charge on any atom is 0.410 e. The molecule has 0 aliphatic heterocycles. The predicted octanol–water partition coefficient (Wildman–Crippen LogP) is 7.07. The van der Waals surface area contributed by atoms with Crippen molar-refractivity contribution in [3.63, 3.8) is 0 Å². The van der Waals surface area contributed by atoms with Crippen LogP contribution in [0.5, 0.6) is 0 Å². The van der Waals surface area contributed by atoms with Gasteiger partial charge >= 0.3 is 6.09 Å². The highest BCUT2D eigenvalue weighted by Gasteiger charge is 2.43. The second-order valence-corrected chi connectivity index (χ2v) is 19.2. The number of benzene rings is 2. The summed E-state index contributed by atoms with van der Waals surface area (Å²) in [4.78, 5) is 25.7. The Morgan fingerprint density at radius 1 is 1.00 bits per heavy atom. The first-order valence-electron chi connectivity index (χ1n) is 14.9. The van der Waals surface area contributed by atoms with E-state index in [1.165, 1.54) is 34.6 Å². The first kappa shape index (κ1) is 35.9. The van der Waals surface area contributed by atoms with Crippen molar-refractivity contribution in [1.29, 1.82) is 0 Å². The number of hydrogen-bond acceptors (Lipinski definition) is 7. The van der Waals surface area contributed by atoms with Gasteiger partial charge in [0.1, 0.15) is 6.61 Å². The fourth-order valence-corrected chi connectivity index (χ4v) is 8.06. The van der Waals surface area contributed by atoms with E-state index in [-0.39, 0.29) is 31.2 Å². The van der Waals surface area contributed by atoms with Crippen LogP contribution < -0.4 is 0 Å². The smallest absolute Gasteiger partial charge is 0.410 e. The molecule has 3 rings (SSSR count). The number of nitrogens with zero attached hydrogens (tertiary/aromatic N) is 3. The van der Waals surface area contributed by atoms with E-state index in [2.05, 4.69) is 47.0 Å². The number of rotatable bonds is 13. The van der Waals surface area contributed by atoms with Crippen LogP contribution in [0.15, 0.2) is 97.0 Å². The average Bonchev–Trinajstić information content (AvgIpc) is 3.18. The van der Waals surface area contributed by atoms with Crippen LogP contribution in [0.4, 0.5) is 10.5 Å². The highest BCUT2D eigenvalue weighted by atomic mass is 32.2. The van der Waals surface area contributed by atoms with Gasteiger partial charge < -0.3 is 9.16 Å². The Bertz CT molecular complexity index is 1490. The van der Waals surface area contributed by atoms with Gasteiger partial charge in [-0.25, -0.2) is 13.2 Å². The van der Waals surface area contributed by atoms with E-state index in [1.807, 2.05) is 30.3 Å². The Morgan fingerprint density at radius 3 is 2.18 bits per heavy atom. The van der Waals surface area contributed by atoms with Crippen molar-refractivity contribution in [1.82, 2.24) is 9.21 Å². The summed E-state index contributed by atoms with van der Waals surface area (Å²) >= 11 is 0. The maximum absolute atomic E-state index is 14.1. The van der Waals surface area contributed by atoms with Crippen molar-refractivity contribution in [2.24, 2.45) is 0 Å². The third kappa shape index (κ3) is 9.00. The van der Waals surface area contributed by atoms with Gasteiger partial charge in [-0.1, -0.05) is 87.5 Å². The van der Waals surface area contributed by atoms with E-state index in [1.54, 1.807) is 23.1 Å². The Balaban J connectivity index is 2.05. The van der Waals surface area contributed by atoms with E-state index in [4.69, 9.17) is 9.16 Å². The Morgan fingerprint density at radius 2 is 1.58 bits per heavy atom. The lowest BCUT2D eigenvalue weighted by Gasteiger charge is -2.41. The van der Waals surface area contributed by atoms with Gasteiger partial charge in [-0.05, 0) is 42.6 Å². The lowest BCUT2D eigenvalue weighted by atomic mass is 10.1. The number of carbonyl (C=O) groups excluding carboxylic acids is 1. The largest absolute Gasteiger partial charge is 0.445 e. The van der Waals surface area contributed by atoms with Gasteiger partial charge in [-0.15, -0.1) is 13.2 Å². The molecule has 45 heavy (non-hydrogen) atoms. The molecule has 1 aliphatic rings. The van der Waals surface area contributed by atoms with E-state index < -0.39 is 58.1 Å². The first-order valence-corrected chi connectivity index (χ1v) is 19.3. The first-order chi connectivity index (χ1) is 21.1. The van der Waals surface area contributed by atoms with Crippen molar-refractivity contribution in [2.75, 3.05) is 13.1 Å². The molecule has 0 N–H and O–H groups in total. The van der Waals surface area contributed by atoms with Gasteiger partial charge in [0.05, 0.1) is 11.0 Å². The van der Waals surface area contributed by atoms with Gasteiger partial charge in [-0.3, -0.25) is 15.0 Å². The standard InChI is InChI=1S/C33H45N3O7SSi/c1-8-21-34(32(37)42-25-26-15-11-10-12-16-26)27-19-20-28(24-29(23-27)43-45(6,7)33(3,4)5)35(22-9-2)44(40,41)31-18-14-13-17-30(31)36(38)39/h8-20,27-29H,1-2,21-25H2,3-7H3/t27-,28-,29-/m0/s1. The molecule has 3 atom stereocenters. The van der Waals surface area contributed by atoms with Crippen LogP contribution in [-0.4, -0.2) is 68.2 Å². The van der Waals surface area contributed by atoms with E-state index in [0.717, 1.165) is 5.56 Å². The molecule has 0 aromatic heterocycles. The molecule has 1 aliphatic carbocycles. The second kappa shape index (κ2) is 15.1. The van der Waals surface area contributed by atoms with Crippen molar-refractivity contribution in [2.45, 2.75) is 81.4 Å². The zero-order valence-corrected chi connectivity index (χ0v) is 28.6. The van der Waals surface area contributed by atoms with E-state index in [0.29, 0.717) is 6.42 Å². The fraction of sp³-hybridized carbons (Fsp3) is 0.424. The van der Waals surface area contributed by atoms with Crippen molar-refractivity contribution < 1.29 is 27.3 Å². The summed E-state index contributed by atoms with van der Waals surface area (Å²) in [5.41, 5.74) is 0.342. The second-order valence-electron chi connectivity index (χ2n) is 12.6. The summed E-state index contributed by atoms with van der Waals surface area (Å²) in [6.07, 6.45) is 6.31. The van der Waals surface area contributed by atoms with Gasteiger partial charge in [0.2, 0.25) is 0 Å². The molecule has 0 bridgehead atoms. The number of ether oxygens (including phenoxy) is 1. The average molecular weight is 656 g/mol. The molecule has 0 saturated heterocycles. The predicted molar refractivity (Wildman–Crippen MR) is 179 cm³/mol. The maximum atomic E-state index is 14.1. The van der Waals surface area contributed by atoms with Gasteiger partial charge in [0, 0.05) is 31.3 Å². The monoisotopic (exact) mass is 655 g/mol. The number of nitro groups is 1. The van der Waals surface area contributed by atoms with Crippen LogP contribution in [0.3, 0.4) is 0 Å². The highest BCUT2D eigenvalue weighted by molar-refractivity contribution is 7.89. The van der Waals surface area contributed by atoms with E-state index >= 15 is 0 Å². The molecule has 0 fully saturated rings. The summed E-state index contributed by atoms with van der Waals surface area (Å²) in [6.45, 7) is 18.4. The van der Waals surface area contributed by atoms with Gasteiger partial charge in [0.25, 0.3) is 15.7 Å². The van der Waals surface area contributed by atoms with Crippen molar-refractivity contribution >= 4 is 30.1 Å². The molecule has 0 spiro atoms. The topological polar surface area (TPSA) is 119 Å². The Labute approximate surface area is 268 Å². The number of hydrogen-bond donors (Lipinski definition) is 0. The third-order valence-corrected chi connectivity index (χ3v) is 14.8. The van der Waals surface area contributed by atoms with Crippen molar-refractivity contribution in [3.8, 4) is 0 Å². The molecular formula is C33H45N3O7SSi. The van der Waals surface area contributed by atoms with Crippen LogP contribution in [0.2, 0.25) is 18.1 Å². The van der Waals surface area contributed by atoms with Crippen LogP contribution in [-0.2, 0) is 25.8 Å². The molecule has 2 aromatic carbocycles. The Kier molecular flexibility index (Phi) is 12.1. The number of para-hydroxylation sites is 1. The summed E-state index contributed by atoms with van der Waals surface area (Å²) < 4.78 is 41.9. The molecule has 12 heteroatoms. The highest BCUT2D eigenvalue weighted by Crippen LogP contribution is 2.40. The Hall–Kier alpha value is -3.58. The number of carbonyl (C=O) groups is 1. The van der Waals surface area contributed by atoms with Crippen LogP contribution >= 0.6 is 0 Å². The minimum Gasteiger partial charge on any atom is -0.445 e. The summed E-state index contributed by atoms with van der Waals surface area (Å²) in [5.74, 6) is 0.